The SMILES string of the molecule is CC(C)[C@H](N)C(=O)Nc1ccc2c(ccn2-c2ccc(NC(=O)Nc3ccc(Cl)c(C(F)(F)F)c3)cc2)c1. The summed E-state index contributed by atoms with van der Waals surface area (Å²) in [5, 5.41) is 8.26. The maximum atomic E-state index is 13.1. The molecule has 0 aliphatic rings. The Morgan fingerprint density at radius 3 is 2.13 bits per heavy atom. The van der Waals surface area contributed by atoms with Gasteiger partial charge in [-0.2, -0.15) is 13.2 Å². The van der Waals surface area contributed by atoms with Crippen molar-refractivity contribution in [3.05, 3.63) is 83.5 Å². The lowest BCUT2D eigenvalue weighted by atomic mass is 10.0. The van der Waals surface area contributed by atoms with Gasteiger partial charge in [-0.05, 0) is 72.6 Å². The molecule has 0 saturated heterocycles. The molecule has 4 rings (SSSR count). The van der Waals surface area contributed by atoms with Crippen LogP contribution in [0.1, 0.15) is 19.4 Å². The normalized spacial score (nSPS) is 12.4. The number of hydrogen-bond acceptors (Lipinski definition) is 3. The van der Waals surface area contributed by atoms with E-state index in [-0.39, 0.29) is 17.5 Å². The molecule has 0 saturated carbocycles. The summed E-state index contributed by atoms with van der Waals surface area (Å²) < 4.78 is 41.1. The topological polar surface area (TPSA) is 101 Å². The van der Waals surface area contributed by atoms with Gasteiger partial charge in [0.05, 0.1) is 22.1 Å². The number of fused-ring (bicyclic) bond motifs is 1. The summed E-state index contributed by atoms with van der Waals surface area (Å²) in [7, 11) is 0. The number of halogens is 4. The number of nitrogens with one attached hydrogen (secondary N) is 3. The highest BCUT2D eigenvalue weighted by atomic mass is 35.5. The molecule has 4 aromatic rings. The molecule has 0 fully saturated rings. The molecule has 0 aliphatic heterocycles. The number of alkyl halides is 3. The lowest BCUT2D eigenvalue weighted by molar-refractivity contribution is -0.137. The molecule has 1 atom stereocenters. The Bertz CT molecular complexity index is 1480. The van der Waals surface area contributed by atoms with Gasteiger partial charge in [0.15, 0.2) is 0 Å². The summed E-state index contributed by atoms with van der Waals surface area (Å²) in [6.07, 6.45) is -2.76. The van der Waals surface area contributed by atoms with Crippen LogP contribution >= 0.6 is 11.6 Å². The number of nitrogens with two attached hydrogens (primary N) is 1. The first-order valence-electron chi connectivity index (χ1n) is 11.6. The highest BCUT2D eigenvalue weighted by molar-refractivity contribution is 6.31. The van der Waals surface area contributed by atoms with Crippen molar-refractivity contribution in [2.75, 3.05) is 16.0 Å². The Morgan fingerprint density at radius 1 is 0.868 bits per heavy atom. The maximum Gasteiger partial charge on any atom is 0.417 e. The minimum absolute atomic E-state index is 0.0167. The Kier molecular flexibility index (Phi) is 7.66. The van der Waals surface area contributed by atoms with E-state index < -0.39 is 28.8 Å². The molecule has 0 spiro atoms. The smallest absolute Gasteiger partial charge is 0.325 e. The molecule has 3 amide bonds. The number of hydrogen-bond donors (Lipinski definition) is 4. The van der Waals surface area contributed by atoms with Crippen molar-refractivity contribution in [1.82, 2.24) is 4.57 Å². The summed E-state index contributed by atoms with van der Waals surface area (Å²) in [5.74, 6) is -0.231. The standard InChI is InChI=1S/C27H25ClF3N5O2/c1-15(2)24(32)25(37)33-18-6-10-23-16(13-18)11-12-36(23)20-7-3-17(4-8-20)34-26(38)35-19-5-9-22(28)21(14-19)27(29,30)31/h3-15,24H,32H2,1-2H3,(H,33,37)(H2,34,35,38)/t24-/m0/s1. The summed E-state index contributed by atoms with van der Waals surface area (Å²) >= 11 is 5.62. The van der Waals surface area contributed by atoms with E-state index in [1.165, 1.54) is 6.07 Å². The molecule has 5 N–H and O–H groups in total. The third kappa shape index (κ3) is 6.09. The van der Waals surface area contributed by atoms with E-state index in [1.54, 1.807) is 30.3 Å². The quantitative estimate of drug-likeness (QED) is 0.213. The number of benzene rings is 3. The van der Waals surface area contributed by atoms with Gasteiger partial charge in [-0.3, -0.25) is 4.79 Å². The summed E-state index contributed by atoms with van der Waals surface area (Å²) in [4.78, 5) is 24.6. The predicted molar refractivity (Wildman–Crippen MR) is 144 cm³/mol. The molecular weight excluding hydrogens is 519 g/mol. The highest BCUT2D eigenvalue weighted by Gasteiger charge is 2.33. The number of amides is 3. The zero-order valence-corrected chi connectivity index (χ0v) is 21.2. The number of urea groups is 1. The summed E-state index contributed by atoms with van der Waals surface area (Å²) in [6.45, 7) is 3.76. The number of aromatic nitrogens is 1. The third-order valence-electron chi connectivity index (χ3n) is 5.91. The lowest BCUT2D eigenvalue weighted by Crippen LogP contribution is -2.39. The van der Waals surface area contributed by atoms with Crippen LogP contribution in [0.2, 0.25) is 5.02 Å². The van der Waals surface area contributed by atoms with Crippen molar-refractivity contribution in [1.29, 1.82) is 0 Å². The molecule has 1 aromatic heterocycles. The van der Waals surface area contributed by atoms with Gasteiger partial charge >= 0.3 is 12.2 Å². The average Bonchev–Trinajstić information content (AvgIpc) is 3.27. The first-order valence-corrected chi connectivity index (χ1v) is 12.0. The Morgan fingerprint density at radius 2 is 1.47 bits per heavy atom. The van der Waals surface area contributed by atoms with E-state index in [1.807, 2.05) is 42.8 Å². The molecule has 0 bridgehead atoms. The fourth-order valence-corrected chi connectivity index (χ4v) is 4.02. The zero-order valence-electron chi connectivity index (χ0n) is 20.4. The molecule has 198 valence electrons. The van der Waals surface area contributed by atoms with Gasteiger partial charge in [-0.25, -0.2) is 4.79 Å². The van der Waals surface area contributed by atoms with E-state index in [0.29, 0.717) is 11.4 Å². The summed E-state index contributed by atoms with van der Waals surface area (Å²) in [5.41, 5.74) is 7.64. The molecule has 3 aromatic carbocycles. The van der Waals surface area contributed by atoms with Gasteiger partial charge in [0.2, 0.25) is 5.91 Å². The van der Waals surface area contributed by atoms with Crippen LogP contribution in [-0.2, 0) is 11.0 Å². The van der Waals surface area contributed by atoms with E-state index >= 15 is 0 Å². The summed E-state index contributed by atoms with van der Waals surface area (Å²) in [6, 6.07) is 16.2. The molecule has 1 heterocycles. The fraction of sp³-hybridized carbons (Fsp3) is 0.185. The largest absolute Gasteiger partial charge is 0.417 e. The van der Waals surface area contributed by atoms with Crippen LogP contribution in [0.15, 0.2) is 72.9 Å². The van der Waals surface area contributed by atoms with Crippen molar-refractivity contribution in [3.63, 3.8) is 0 Å². The first kappa shape index (κ1) is 27.0. The van der Waals surface area contributed by atoms with Crippen molar-refractivity contribution in [3.8, 4) is 5.69 Å². The van der Waals surface area contributed by atoms with Crippen LogP contribution in [0.5, 0.6) is 0 Å². The Hall–Kier alpha value is -4.02. The second-order valence-corrected chi connectivity index (χ2v) is 9.44. The molecular formula is C27H25ClF3N5O2. The number of nitrogens with zero attached hydrogens (tertiary/aromatic N) is 1. The van der Waals surface area contributed by atoms with E-state index in [9.17, 15) is 22.8 Å². The van der Waals surface area contributed by atoms with Gasteiger partial charge in [0.1, 0.15) is 0 Å². The predicted octanol–water partition coefficient (Wildman–Crippen LogP) is 6.87. The van der Waals surface area contributed by atoms with Crippen LogP contribution in [0.25, 0.3) is 16.6 Å². The van der Waals surface area contributed by atoms with Crippen LogP contribution in [-0.4, -0.2) is 22.5 Å². The van der Waals surface area contributed by atoms with Gasteiger partial charge < -0.3 is 26.3 Å². The van der Waals surface area contributed by atoms with Gasteiger partial charge in [-0.15, -0.1) is 0 Å². The van der Waals surface area contributed by atoms with Crippen molar-refractivity contribution in [2.45, 2.75) is 26.1 Å². The van der Waals surface area contributed by atoms with Crippen LogP contribution < -0.4 is 21.7 Å². The molecule has 11 heteroatoms. The van der Waals surface area contributed by atoms with Crippen molar-refractivity contribution >= 4 is 51.5 Å². The minimum Gasteiger partial charge on any atom is -0.325 e. The Labute approximate surface area is 221 Å². The number of anilines is 3. The average molecular weight is 544 g/mol. The number of carbonyl (C=O) groups is 2. The van der Waals surface area contributed by atoms with Crippen LogP contribution in [0, 0.1) is 5.92 Å². The number of carbonyl (C=O) groups excluding carboxylic acids is 2. The molecule has 0 unspecified atom stereocenters. The van der Waals surface area contributed by atoms with Crippen molar-refractivity contribution in [2.24, 2.45) is 11.7 Å². The highest BCUT2D eigenvalue weighted by Crippen LogP contribution is 2.36. The Balaban J connectivity index is 1.44. The number of rotatable bonds is 6. The molecule has 7 nitrogen and oxygen atoms in total. The molecule has 0 aliphatic carbocycles. The minimum atomic E-state index is -4.64. The van der Waals surface area contributed by atoms with Gasteiger partial charge in [-0.1, -0.05) is 25.4 Å². The monoisotopic (exact) mass is 543 g/mol. The van der Waals surface area contributed by atoms with Gasteiger partial charge in [0.25, 0.3) is 0 Å². The van der Waals surface area contributed by atoms with E-state index in [4.69, 9.17) is 17.3 Å². The van der Waals surface area contributed by atoms with Crippen LogP contribution in [0.3, 0.4) is 0 Å². The first-order chi connectivity index (χ1) is 17.9. The zero-order chi connectivity index (χ0) is 27.6. The second-order valence-electron chi connectivity index (χ2n) is 9.04. The lowest BCUT2D eigenvalue weighted by Gasteiger charge is -2.15. The third-order valence-corrected chi connectivity index (χ3v) is 6.24. The molecule has 38 heavy (non-hydrogen) atoms. The maximum absolute atomic E-state index is 13.1. The fourth-order valence-electron chi connectivity index (χ4n) is 3.79. The van der Waals surface area contributed by atoms with Gasteiger partial charge in [0, 0.05) is 34.3 Å². The van der Waals surface area contributed by atoms with Crippen molar-refractivity contribution < 1.29 is 22.8 Å². The van der Waals surface area contributed by atoms with Crippen LogP contribution in [0.4, 0.5) is 35.0 Å². The molecule has 0 radical (unpaired) electrons. The van der Waals surface area contributed by atoms with E-state index in [2.05, 4.69) is 16.0 Å². The van der Waals surface area contributed by atoms with E-state index in [0.717, 1.165) is 28.7 Å². The second kappa shape index (κ2) is 10.8.